The number of nitrogens with zero attached hydrogens (tertiary/aromatic N) is 3. The highest BCUT2D eigenvalue weighted by Crippen LogP contribution is 2.19. The summed E-state index contributed by atoms with van der Waals surface area (Å²) in [6.07, 6.45) is 2.73. The molecule has 0 aliphatic carbocycles. The van der Waals surface area contributed by atoms with Gasteiger partial charge in [-0.05, 0) is 13.0 Å². The van der Waals surface area contributed by atoms with Crippen molar-refractivity contribution in [2.24, 2.45) is 0 Å². The van der Waals surface area contributed by atoms with Crippen LogP contribution in [0.15, 0.2) is 24.5 Å². The van der Waals surface area contributed by atoms with Gasteiger partial charge in [-0.3, -0.25) is 0 Å². The molecule has 20 heavy (non-hydrogen) atoms. The molecule has 0 amide bonds. The first-order valence-corrected chi connectivity index (χ1v) is 5.85. The third-order valence-corrected chi connectivity index (χ3v) is 2.43. The molecule has 0 radical (unpaired) electrons. The zero-order chi connectivity index (χ0) is 14.5. The molecule has 0 saturated carbocycles. The second kappa shape index (κ2) is 6.05. The van der Waals surface area contributed by atoms with Crippen molar-refractivity contribution in [1.29, 1.82) is 0 Å². The Labute approximate surface area is 114 Å². The SMILES string of the molecule is CCOc1ccc(-c2cnc(F)c(C(=O)OC)n2)cn1. The van der Waals surface area contributed by atoms with E-state index >= 15 is 0 Å². The summed E-state index contributed by atoms with van der Waals surface area (Å²) in [5, 5.41) is 0. The minimum absolute atomic E-state index is 0.322. The fourth-order valence-corrected chi connectivity index (χ4v) is 1.51. The molecule has 7 heteroatoms. The lowest BCUT2D eigenvalue weighted by atomic mass is 10.2. The molecular formula is C13H12FN3O3. The summed E-state index contributed by atoms with van der Waals surface area (Å²) in [7, 11) is 1.15. The van der Waals surface area contributed by atoms with Crippen LogP contribution in [0.4, 0.5) is 4.39 Å². The van der Waals surface area contributed by atoms with Crippen molar-refractivity contribution >= 4 is 5.97 Å². The molecule has 0 N–H and O–H groups in total. The van der Waals surface area contributed by atoms with Crippen molar-refractivity contribution in [1.82, 2.24) is 15.0 Å². The number of aromatic nitrogens is 3. The van der Waals surface area contributed by atoms with E-state index in [-0.39, 0.29) is 0 Å². The Morgan fingerprint density at radius 1 is 1.30 bits per heavy atom. The summed E-state index contributed by atoms with van der Waals surface area (Å²) in [4.78, 5) is 22.8. The first-order chi connectivity index (χ1) is 9.65. The predicted molar refractivity (Wildman–Crippen MR) is 67.7 cm³/mol. The fourth-order valence-electron chi connectivity index (χ4n) is 1.51. The van der Waals surface area contributed by atoms with Gasteiger partial charge < -0.3 is 9.47 Å². The average molecular weight is 277 g/mol. The molecule has 0 spiro atoms. The smallest absolute Gasteiger partial charge is 0.361 e. The summed E-state index contributed by atoms with van der Waals surface area (Å²) >= 11 is 0. The quantitative estimate of drug-likeness (QED) is 0.794. The van der Waals surface area contributed by atoms with Crippen LogP contribution < -0.4 is 4.74 Å². The first kappa shape index (κ1) is 13.9. The third-order valence-electron chi connectivity index (χ3n) is 2.43. The van der Waals surface area contributed by atoms with Gasteiger partial charge in [0.15, 0.2) is 0 Å². The van der Waals surface area contributed by atoms with Crippen LogP contribution in [-0.2, 0) is 4.74 Å². The Bertz CT molecular complexity index is 617. The molecule has 2 aromatic heterocycles. The molecule has 0 atom stereocenters. The van der Waals surface area contributed by atoms with Crippen molar-refractivity contribution in [2.45, 2.75) is 6.92 Å². The second-order valence-electron chi connectivity index (χ2n) is 3.70. The van der Waals surface area contributed by atoms with E-state index in [0.717, 1.165) is 7.11 Å². The topological polar surface area (TPSA) is 74.2 Å². The third kappa shape index (κ3) is 2.87. The Morgan fingerprint density at radius 3 is 2.70 bits per heavy atom. The number of esters is 1. The number of halogens is 1. The lowest BCUT2D eigenvalue weighted by Crippen LogP contribution is -2.09. The van der Waals surface area contributed by atoms with E-state index in [2.05, 4.69) is 19.7 Å². The molecule has 2 heterocycles. The number of rotatable bonds is 4. The molecule has 0 saturated heterocycles. The molecule has 0 bridgehead atoms. The van der Waals surface area contributed by atoms with Crippen LogP contribution in [0.3, 0.4) is 0 Å². The number of hydrogen-bond acceptors (Lipinski definition) is 6. The average Bonchev–Trinajstić information content (AvgIpc) is 2.48. The lowest BCUT2D eigenvalue weighted by molar-refractivity contribution is 0.0587. The summed E-state index contributed by atoms with van der Waals surface area (Å²) in [5.41, 5.74) is 0.451. The maximum Gasteiger partial charge on any atom is 0.361 e. The maximum atomic E-state index is 13.4. The summed E-state index contributed by atoms with van der Waals surface area (Å²) in [6.45, 7) is 2.36. The van der Waals surface area contributed by atoms with Crippen LogP contribution in [0.2, 0.25) is 0 Å². The Hall–Kier alpha value is -2.57. The molecule has 0 unspecified atom stereocenters. The van der Waals surface area contributed by atoms with Gasteiger partial charge in [-0.2, -0.15) is 4.39 Å². The second-order valence-corrected chi connectivity index (χ2v) is 3.70. The van der Waals surface area contributed by atoms with E-state index in [0.29, 0.717) is 23.7 Å². The van der Waals surface area contributed by atoms with Gasteiger partial charge in [-0.25, -0.2) is 19.7 Å². The summed E-state index contributed by atoms with van der Waals surface area (Å²) in [5.74, 6) is -1.38. The van der Waals surface area contributed by atoms with Crippen molar-refractivity contribution in [2.75, 3.05) is 13.7 Å². The standard InChI is InChI=1S/C13H12FN3O3/c1-3-20-10-5-4-8(6-15-10)9-7-16-12(14)11(17-9)13(18)19-2/h4-7H,3H2,1-2H3. The number of hydrogen-bond donors (Lipinski definition) is 0. The van der Waals surface area contributed by atoms with Crippen LogP contribution in [0.5, 0.6) is 5.88 Å². The Balaban J connectivity index is 2.35. The highest BCUT2D eigenvalue weighted by molar-refractivity contribution is 5.87. The molecule has 0 aliphatic rings. The van der Waals surface area contributed by atoms with Gasteiger partial charge in [-0.1, -0.05) is 0 Å². The Kier molecular flexibility index (Phi) is 4.19. The van der Waals surface area contributed by atoms with Crippen molar-refractivity contribution in [3.63, 3.8) is 0 Å². The van der Waals surface area contributed by atoms with Crippen LogP contribution in [0.25, 0.3) is 11.3 Å². The van der Waals surface area contributed by atoms with Crippen molar-refractivity contribution in [3.8, 4) is 17.1 Å². The van der Waals surface area contributed by atoms with E-state index in [9.17, 15) is 9.18 Å². The number of carbonyl (C=O) groups excluding carboxylic acids is 1. The molecule has 2 aromatic rings. The Morgan fingerprint density at radius 2 is 2.10 bits per heavy atom. The largest absolute Gasteiger partial charge is 0.478 e. The first-order valence-electron chi connectivity index (χ1n) is 5.85. The molecule has 6 nitrogen and oxygen atoms in total. The zero-order valence-electron chi connectivity index (χ0n) is 11.0. The molecule has 0 fully saturated rings. The number of ether oxygens (including phenoxy) is 2. The maximum absolute atomic E-state index is 13.4. The molecule has 0 aliphatic heterocycles. The zero-order valence-corrected chi connectivity index (χ0v) is 11.0. The monoisotopic (exact) mass is 277 g/mol. The van der Waals surface area contributed by atoms with Crippen molar-refractivity contribution < 1.29 is 18.7 Å². The van der Waals surface area contributed by atoms with Crippen LogP contribution in [0, 0.1) is 5.95 Å². The molecule has 104 valence electrons. The summed E-state index contributed by atoms with van der Waals surface area (Å²) in [6, 6.07) is 3.35. The van der Waals surface area contributed by atoms with Crippen LogP contribution in [-0.4, -0.2) is 34.6 Å². The summed E-state index contributed by atoms with van der Waals surface area (Å²) < 4.78 is 23.0. The number of carbonyl (C=O) groups is 1. The van der Waals surface area contributed by atoms with Gasteiger partial charge >= 0.3 is 5.97 Å². The number of methoxy groups -OCH3 is 1. The van der Waals surface area contributed by atoms with Gasteiger partial charge in [0.25, 0.3) is 0 Å². The van der Waals surface area contributed by atoms with Crippen LogP contribution in [0.1, 0.15) is 17.4 Å². The van der Waals surface area contributed by atoms with Gasteiger partial charge in [0.2, 0.25) is 17.5 Å². The van der Waals surface area contributed by atoms with Gasteiger partial charge in [-0.15, -0.1) is 0 Å². The normalized spacial score (nSPS) is 10.2. The van der Waals surface area contributed by atoms with Crippen molar-refractivity contribution in [3.05, 3.63) is 36.2 Å². The van der Waals surface area contributed by atoms with Gasteiger partial charge in [0.1, 0.15) is 0 Å². The van der Waals surface area contributed by atoms with Gasteiger partial charge in [0.05, 0.1) is 25.6 Å². The van der Waals surface area contributed by atoms with E-state index in [1.54, 1.807) is 12.1 Å². The molecule has 2 rings (SSSR count). The van der Waals surface area contributed by atoms with Gasteiger partial charge in [0, 0.05) is 17.8 Å². The minimum Gasteiger partial charge on any atom is -0.478 e. The molecule has 0 aromatic carbocycles. The predicted octanol–water partition coefficient (Wildman–Crippen LogP) is 1.86. The fraction of sp³-hybridized carbons (Fsp3) is 0.231. The van der Waals surface area contributed by atoms with E-state index in [4.69, 9.17) is 4.74 Å². The highest BCUT2D eigenvalue weighted by Gasteiger charge is 2.17. The molecular weight excluding hydrogens is 265 g/mol. The lowest BCUT2D eigenvalue weighted by Gasteiger charge is -2.05. The van der Waals surface area contributed by atoms with E-state index < -0.39 is 17.6 Å². The van der Waals surface area contributed by atoms with E-state index in [1.165, 1.54) is 12.4 Å². The minimum atomic E-state index is -0.973. The highest BCUT2D eigenvalue weighted by atomic mass is 19.1. The van der Waals surface area contributed by atoms with Crippen LogP contribution >= 0.6 is 0 Å². The number of pyridine rings is 1. The van der Waals surface area contributed by atoms with E-state index in [1.807, 2.05) is 6.92 Å².